The number of alkyl halides is 1. The predicted molar refractivity (Wildman–Crippen MR) is 82.8 cm³/mol. The minimum atomic E-state index is 0.164. The molecule has 1 aliphatic heterocycles. The molecule has 1 aromatic rings. The molecule has 100 valence electrons. The van der Waals surface area contributed by atoms with Crippen LogP contribution < -0.4 is 0 Å². The van der Waals surface area contributed by atoms with E-state index in [0.29, 0.717) is 0 Å². The van der Waals surface area contributed by atoms with Crippen LogP contribution in [0.15, 0.2) is 15.2 Å². The van der Waals surface area contributed by atoms with Gasteiger partial charge >= 0.3 is 0 Å². The number of halogens is 2. The highest BCUT2D eigenvalue weighted by Gasteiger charge is 2.20. The number of hydrogen-bond donors (Lipinski definition) is 0. The van der Waals surface area contributed by atoms with Gasteiger partial charge in [-0.05, 0) is 35.0 Å². The van der Waals surface area contributed by atoms with Crippen LogP contribution in [0.25, 0.3) is 0 Å². The second-order valence-corrected chi connectivity index (χ2v) is 7.40. The van der Waals surface area contributed by atoms with Gasteiger partial charge in [-0.25, -0.2) is 0 Å². The Balaban J connectivity index is 1.95. The molecule has 3 nitrogen and oxygen atoms in total. The molecule has 1 aliphatic rings. The summed E-state index contributed by atoms with van der Waals surface area (Å²) in [5.74, 6) is 0.164. The number of rotatable bonds is 3. The summed E-state index contributed by atoms with van der Waals surface area (Å²) < 4.78 is 1.02. The summed E-state index contributed by atoms with van der Waals surface area (Å²) in [5, 5.41) is 2.92. The lowest BCUT2D eigenvalue weighted by Crippen LogP contribution is -2.35. The minimum absolute atomic E-state index is 0.164. The van der Waals surface area contributed by atoms with Crippen LogP contribution in [0.1, 0.15) is 16.8 Å². The Bertz CT molecular complexity index is 411. The third-order valence-corrected chi connectivity index (χ3v) is 4.95. The highest BCUT2D eigenvalue weighted by Crippen LogP contribution is 2.22. The number of carbonyl (C=O) groups excluding carboxylic acids is 1. The molecular weight excluding hydrogens is 380 g/mol. The lowest BCUT2D eigenvalue weighted by Gasteiger charge is -2.21. The average Bonchev–Trinajstić information content (AvgIpc) is 2.65. The summed E-state index contributed by atoms with van der Waals surface area (Å²) in [6, 6.07) is 1.91. The summed E-state index contributed by atoms with van der Waals surface area (Å²) in [5.41, 5.74) is 0.806. The molecule has 2 rings (SSSR count). The molecule has 1 amide bonds. The van der Waals surface area contributed by atoms with Crippen molar-refractivity contribution in [2.45, 2.75) is 6.42 Å². The van der Waals surface area contributed by atoms with Crippen LogP contribution in [0.5, 0.6) is 0 Å². The Hall–Kier alpha value is 0.0900. The lowest BCUT2D eigenvalue weighted by atomic mass is 10.3. The fourth-order valence-electron chi connectivity index (χ4n) is 2.12. The molecule has 6 heteroatoms. The Morgan fingerprint density at radius 1 is 1.33 bits per heavy atom. The number of hydrogen-bond acceptors (Lipinski definition) is 3. The van der Waals surface area contributed by atoms with E-state index in [1.54, 1.807) is 11.3 Å². The highest BCUT2D eigenvalue weighted by molar-refractivity contribution is 9.11. The third kappa shape index (κ3) is 3.79. The molecule has 0 N–H and O–H groups in total. The zero-order valence-corrected chi connectivity index (χ0v) is 14.1. The van der Waals surface area contributed by atoms with Gasteiger partial charge in [0.05, 0.1) is 9.35 Å². The number of amides is 1. The monoisotopic (exact) mass is 394 g/mol. The number of carbonyl (C=O) groups is 1. The molecule has 0 radical (unpaired) electrons. The van der Waals surface area contributed by atoms with Gasteiger partial charge in [0, 0.05) is 36.9 Å². The summed E-state index contributed by atoms with van der Waals surface area (Å²) in [7, 11) is 0. The number of thiophene rings is 1. The second-order valence-electron chi connectivity index (χ2n) is 4.32. The van der Waals surface area contributed by atoms with Crippen LogP contribution in [0.4, 0.5) is 0 Å². The average molecular weight is 396 g/mol. The first-order valence-electron chi connectivity index (χ1n) is 6.02. The molecule has 0 saturated carbocycles. The van der Waals surface area contributed by atoms with Crippen LogP contribution in [-0.2, 0) is 0 Å². The van der Waals surface area contributed by atoms with Crippen molar-refractivity contribution in [3.8, 4) is 0 Å². The molecule has 0 unspecified atom stereocenters. The van der Waals surface area contributed by atoms with E-state index in [1.165, 1.54) is 0 Å². The smallest absolute Gasteiger partial charge is 0.254 e. The summed E-state index contributed by atoms with van der Waals surface area (Å²) in [6.45, 7) is 4.82. The summed E-state index contributed by atoms with van der Waals surface area (Å²) in [6.07, 6.45) is 1.06. The molecule has 18 heavy (non-hydrogen) atoms. The summed E-state index contributed by atoms with van der Waals surface area (Å²) in [4.78, 5) is 16.7. The molecule has 1 saturated heterocycles. The first-order valence-corrected chi connectivity index (χ1v) is 8.82. The van der Waals surface area contributed by atoms with Crippen LogP contribution in [0.2, 0.25) is 0 Å². The van der Waals surface area contributed by atoms with Crippen LogP contribution in [-0.4, -0.2) is 53.8 Å². The molecule has 0 aromatic carbocycles. The van der Waals surface area contributed by atoms with E-state index >= 15 is 0 Å². The van der Waals surface area contributed by atoms with Gasteiger partial charge in [-0.15, -0.1) is 11.3 Å². The van der Waals surface area contributed by atoms with Crippen molar-refractivity contribution in [2.75, 3.05) is 38.1 Å². The Morgan fingerprint density at radius 2 is 2.17 bits per heavy atom. The van der Waals surface area contributed by atoms with Crippen molar-refractivity contribution in [2.24, 2.45) is 0 Å². The van der Waals surface area contributed by atoms with E-state index in [-0.39, 0.29) is 5.91 Å². The predicted octanol–water partition coefficient (Wildman–Crippen LogP) is 3.05. The van der Waals surface area contributed by atoms with E-state index in [1.807, 2.05) is 16.3 Å². The van der Waals surface area contributed by atoms with Crippen LogP contribution in [0, 0.1) is 0 Å². The highest BCUT2D eigenvalue weighted by atomic mass is 79.9. The molecule has 0 spiro atoms. The van der Waals surface area contributed by atoms with Crippen molar-refractivity contribution in [1.82, 2.24) is 9.80 Å². The Labute approximate surface area is 128 Å². The lowest BCUT2D eigenvalue weighted by molar-refractivity contribution is 0.0762. The number of nitrogens with zero attached hydrogens (tertiary/aromatic N) is 2. The largest absolute Gasteiger partial charge is 0.337 e. The van der Waals surface area contributed by atoms with Gasteiger partial charge in [0.25, 0.3) is 5.91 Å². The van der Waals surface area contributed by atoms with Crippen molar-refractivity contribution in [3.63, 3.8) is 0 Å². The maximum atomic E-state index is 12.3. The van der Waals surface area contributed by atoms with Gasteiger partial charge in [-0.3, -0.25) is 4.79 Å². The molecule has 2 heterocycles. The SMILES string of the molecule is O=C(c1csc(Br)c1)N1CCCN(CCBr)CC1. The molecule has 0 aliphatic carbocycles. The van der Waals surface area contributed by atoms with Gasteiger partial charge in [-0.2, -0.15) is 0 Å². The molecule has 1 aromatic heterocycles. The first kappa shape index (κ1) is 14.5. The van der Waals surface area contributed by atoms with E-state index in [0.717, 1.165) is 53.8 Å². The zero-order valence-electron chi connectivity index (χ0n) is 10.1. The molecular formula is C12H16Br2N2OS. The van der Waals surface area contributed by atoms with Crippen molar-refractivity contribution in [3.05, 3.63) is 20.8 Å². The summed E-state index contributed by atoms with van der Waals surface area (Å²) >= 11 is 8.44. The van der Waals surface area contributed by atoms with E-state index in [2.05, 4.69) is 36.8 Å². The van der Waals surface area contributed by atoms with Gasteiger partial charge in [0.15, 0.2) is 0 Å². The minimum Gasteiger partial charge on any atom is -0.337 e. The topological polar surface area (TPSA) is 23.6 Å². The zero-order chi connectivity index (χ0) is 13.0. The van der Waals surface area contributed by atoms with Gasteiger partial charge in [0.2, 0.25) is 0 Å². The van der Waals surface area contributed by atoms with Gasteiger partial charge in [-0.1, -0.05) is 15.9 Å². The Morgan fingerprint density at radius 3 is 2.83 bits per heavy atom. The quantitative estimate of drug-likeness (QED) is 0.734. The standard InChI is InChI=1S/C12H16Br2N2OS/c13-2-5-15-3-1-4-16(7-6-15)12(17)10-8-11(14)18-9-10/h8-9H,1-7H2. The van der Waals surface area contributed by atoms with Crippen molar-refractivity contribution < 1.29 is 4.79 Å². The maximum absolute atomic E-state index is 12.3. The second kappa shape index (κ2) is 7.03. The Kier molecular flexibility index (Phi) is 5.66. The fraction of sp³-hybridized carbons (Fsp3) is 0.583. The van der Waals surface area contributed by atoms with Crippen LogP contribution in [0.3, 0.4) is 0 Å². The van der Waals surface area contributed by atoms with Crippen molar-refractivity contribution >= 4 is 49.1 Å². The normalized spacial score (nSPS) is 17.8. The molecule has 0 bridgehead atoms. The van der Waals surface area contributed by atoms with Gasteiger partial charge in [0.1, 0.15) is 0 Å². The van der Waals surface area contributed by atoms with E-state index in [9.17, 15) is 4.79 Å². The van der Waals surface area contributed by atoms with E-state index < -0.39 is 0 Å². The van der Waals surface area contributed by atoms with E-state index in [4.69, 9.17) is 0 Å². The third-order valence-electron chi connectivity index (χ3n) is 3.09. The first-order chi connectivity index (χ1) is 8.70. The van der Waals surface area contributed by atoms with Gasteiger partial charge < -0.3 is 9.80 Å². The molecule has 1 fully saturated rings. The fourth-order valence-corrected chi connectivity index (χ4v) is 3.75. The van der Waals surface area contributed by atoms with Crippen LogP contribution >= 0.6 is 43.2 Å². The molecule has 0 atom stereocenters. The maximum Gasteiger partial charge on any atom is 0.254 e. The van der Waals surface area contributed by atoms with Crippen molar-refractivity contribution in [1.29, 1.82) is 0 Å².